The second-order valence-corrected chi connectivity index (χ2v) is 8.43. The molecule has 0 unspecified atom stereocenters. The molecule has 31 heavy (non-hydrogen) atoms. The van der Waals surface area contributed by atoms with Crippen molar-refractivity contribution < 1.29 is 9.53 Å². The van der Waals surface area contributed by atoms with Gasteiger partial charge in [-0.3, -0.25) is 10.2 Å². The molecule has 0 saturated heterocycles. The van der Waals surface area contributed by atoms with Crippen molar-refractivity contribution in [2.75, 3.05) is 31.3 Å². The van der Waals surface area contributed by atoms with Crippen molar-refractivity contribution in [3.63, 3.8) is 0 Å². The van der Waals surface area contributed by atoms with E-state index in [1.807, 2.05) is 20.8 Å². The number of aromatic nitrogens is 3. The maximum atomic E-state index is 12.3. The normalized spacial score (nSPS) is 11.5. The third kappa shape index (κ3) is 4.95. The predicted molar refractivity (Wildman–Crippen MR) is 123 cm³/mol. The van der Waals surface area contributed by atoms with Crippen molar-refractivity contribution in [3.05, 3.63) is 46.4 Å². The Morgan fingerprint density at radius 3 is 2.74 bits per heavy atom. The van der Waals surface area contributed by atoms with Crippen molar-refractivity contribution in [2.45, 2.75) is 26.3 Å². The third-order valence-electron chi connectivity index (χ3n) is 4.46. The number of hydrogen-bond acceptors (Lipinski definition) is 7. The minimum Gasteiger partial charge on any atom is -0.383 e. The summed E-state index contributed by atoms with van der Waals surface area (Å²) in [6.45, 7) is 6.77. The molecule has 0 saturated carbocycles. The summed E-state index contributed by atoms with van der Waals surface area (Å²) in [6.07, 6.45) is 1.35. The van der Waals surface area contributed by atoms with Gasteiger partial charge in [0.15, 0.2) is 0 Å². The topological polar surface area (TPSA) is 142 Å². The molecule has 3 rings (SSSR count). The van der Waals surface area contributed by atoms with Gasteiger partial charge in [-0.25, -0.2) is 9.97 Å². The molecule has 6 N–H and O–H groups in total. The Morgan fingerprint density at radius 1 is 1.32 bits per heavy atom. The lowest BCUT2D eigenvalue weighted by atomic mass is 10.1. The van der Waals surface area contributed by atoms with Crippen LogP contribution in [0, 0.1) is 5.41 Å². The van der Waals surface area contributed by atoms with Crippen LogP contribution in [-0.4, -0.2) is 52.4 Å². The zero-order valence-corrected chi connectivity index (χ0v) is 18.6. The Bertz CT molecular complexity index is 1130. The summed E-state index contributed by atoms with van der Waals surface area (Å²) in [5, 5.41) is 15.9. The number of nitrogens with one attached hydrogen (secondary N) is 4. The lowest BCUT2D eigenvalue weighted by Gasteiger charge is -2.23. The molecule has 2 aromatic heterocycles. The Balaban J connectivity index is 1.99. The molecule has 10 heteroatoms. The summed E-state index contributed by atoms with van der Waals surface area (Å²) in [6, 6.07) is 5.12. The first-order valence-electron chi connectivity index (χ1n) is 9.68. The largest absolute Gasteiger partial charge is 0.383 e. The van der Waals surface area contributed by atoms with Crippen LogP contribution >= 0.6 is 11.6 Å². The highest BCUT2D eigenvalue weighted by Gasteiger charge is 2.23. The molecule has 0 aliphatic heterocycles. The molecule has 9 nitrogen and oxygen atoms in total. The fraction of sp³-hybridized carbons (Fsp3) is 0.333. The van der Waals surface area contributed by atoms with E-state index in [2.05, 4.69) is 25.6 Å². The molecule has 0 fully saturated rings. The number of carbonyl (C=O) groups is 1. The molecule has 0 aliphatic rings. The number of halogens is 1. The van der Waals surface area contributed by atoms with E-state index in [-0.39, 0.29) is 23.0 Å². The third-order valence-corrected chi connectivity index (χ3v) is 4.85. The number of H-pyrrole nitrogens is 1. The molecule has 0 bridgehead atoms. The minimum absolute atomic E-state index is 0.0529. The van der Waals surface area contributed by atoms with Gasteiger partial charge in [-0.1, -0.05) is 17.7 Å². The van der Waals surface area contributed by atoms with Gasteiger partial charge in [0.1, 0.15) is 18.0 Å². The number of benzene rings is 1. The Kier molecular flexibility index (Phi) is 6.47. The van der Waals surface area contributed by atoms with E-state index in [9.17, 15) is 4.79 Å². The number of amides is 1. The fourth-order valence-electron chi connectivity index (χ4n) is 3.07. The van der Waals surface area contributed by atoms with Gasteiger partial charge < -0.3 is 26.1 Å². The molecule has 1 aromatic carbocycles. The van der Waals surface area contributed by atoms with E-state index >= 15 is 0 Å². The maximum Gasteiger partial charge on any atom is 0.251 e. The second-order valence-electron chi connectivity index (χ2n) is 8.06. The lowest BCUT2D eigenvalue weighted by Crippen LogP contribution is -2.28. The average Bonchev–Trinajstić information content (AvgIpc) is 3.02. The molecule has 1 amide bonds. The average molecular weight is 444 g/mol. The van der Waals surface area contributed by atoms with Crippen LogP contribution in [0.15, 0.2) is 24.5 Å². The van der Waals surface area contributed by atoms with Crippen LogP contribution < -0.4 is 16.4 Å². The van der Waals surface area contributed by atoms with Gasteiger partial charge in [0.2, 0.25) is 0 Å². The van der Waals surface area contributed by atoms with E-state index in [0.717, 1.165) is 0 Å². The zero-order valence-electron chi connectivity index (χ0n) is 17.9. The molecule has 2 heterocycles. The highest BCUT2D eigenvalue weighted by molar-refractivity contribution is 6.40. The number of nitrogens with zero attached hydrogens (tertiary/aromatic N) is 2. The molecule has 3 aromatic rings. The summed E-state index contributed by atoms with van der Waals surface area (Å²) in [7, 11) is 1.57. The number of nitrogens with two attached hydrogens (primary N) is 1. The summed E-state index contributed by atoms with van der Waals surface area (Å²) >= 11 is 6.58. The van der Waals surface area contributed by atoms with Gasteiger partial charge >= 0.3 is 0 Å². The van der Waals surface area contributed by atoms with Crippen LogP contribution in [-0.2, 0) is 4.74 Å². The highest BCUT2D eigenvalue weighted by atomic mass is 35.5. The second kappa shape index (κ2) is 8.91. The van der Waals surface area contributed by atoms with Gasteiger partial charge in [0.25, 0.3) is 5.91 Å². The van der Waals surface area contributed by atoms with Crippen molar-refractivity contribution in [1.29, 1.82) is 5.41 Å². The fourth-order valence-corrected chi connectivity index (χ4v) is 3.37. The summed E-state index contributed by atoms with van der Waals surface area (Å²) in [5.74, 6) is 0.385. The summed E-state index contributed by atoms with van der Waals surface area (Å²) in [4.78, 5) is 23.8. The van der Waals surface area contributed by atoms with Crippen molar-refractivity contribution >= 4 is 45.8 Å². The Labute approximate surface area is 185 Å². The molecule has 0 radical (unpaired) electrons. The molecule has 164 valence electrons. The number of ether oxygens (including phenoxy) is 1. The van der Waals surface area contributed by atoms with Gasteiger partial charge in [0, 0.05) is 35.7 Å². The van der Waals surface area contributed by atoms with Crippen LogP contribution in [0.2, 0.25) is 5.02 Å². The van der Waals surface area contributed by atoms with Crippen LogP contribution in [0.5, 0.6) is 0 Å². The van der Waals surface area contributed by atoms with E-state index < -0.39 is 0 Å². The smallest absolute Gasteiger partial charge is 0.251 e. The number of methoxy groups -OCH3 is 1. The predicted octanol–water partition coefficient (Wildman–Crippen LogP) is 3.20. The number of anilines is 2. The molecular formula is C21H26ClN7O2. The van der Waals surface area contributed by atoms with Crippen molar-refractivity contribution in [3.8, 4) is 0 Å². The Morgan fingerprint density at radius 2 is 2.06 bits per heavy atom. The maximum absolute atomic E-state index is 12.3. The first-order valence-corrected chi connectivity index (χ1v) is 10.1. The van der Waals surface area contributed by atoms with E-state index in [4.69, 9.17) is 27.5 Å². The van der Waals surface area contributed by atoms with Crippen LogP contribution in [0.4, 0.5) is 11.6 Å². The quantitative estimate of drug-likeness (QED) is 0.280. The van der Waals surface area contributed by atoms with E-state index in [1.54, 1.807) is 25.3 Å². The number of nitrogen functional groups attached to an aromatic ring is 1. The van der Waals surface area contributed by atoms with Gasteiger partial charge in [-0.2, -0.15) is 0 Å². The number of hydrogen-bond donors (Lipinski definition) is 5. The number of carbonyl (C=O) groups excluding carboxylic acids is 1. The van der Waals surface area contributed by atoms with Crippen LogP contribution in [0.3, 0.4) is 0 Å². The SMILES string of the molecule is COCCNC(=O)c1ccc2c(Cl)c(C(=N)c3c(N)ncnc3NC(C)(C)C)[nH]c2c1. The minimum atomic E-state index is -0.300. The van der Waals surface area contributed by atoms with Crippen molar-refractivity contribution in [2.24, 2.45) is 0 Å². The first-order chi connectivity index (χ1) is 14.6. The molecule has 0 spiro atoms. The molecule has 0 aliphatic carbocycles. The highest BCUT2D eigenvalue weighted by Crippen LogP contribution is 2.32. The number of aromatic amines is 1. The van der Waals surface area contributed by atoms with E-state index in [0.29, 0.717) is 51.7 Å². The van der Waals surface area contributed by atoms with Gasteiger partial charge in [-0.15, -0.1) is 0 Å². The van der Waals surface area contributed by atoms with Gasteiger partial charge in [-0.05, 0) is 32.9 Å². The molecular weight excluding hydrogens is 418 g/mol. The number of rotatable bonds is 7. The van der Waals surface area contributed by atoms with Crippen LogP contribution in [0.1, 0.15) is 42.4 Å². The standard InChI is InChI=1S/C21H26ClN7O2/c1-21(2,3)29-19-14(18(24)26-10-27-19)16(23)17-15(22)12-6-5-11(9-13(12)28-17)20(30)25-7-8-31-4/h5-6,9-10,23,28H,7-8H2,1-4H3,(H,25,30)(H3,24,26,27,29). The van der Waals surface area contributed by atoms with Gasteiger partial charge in [0.05, 0.1) is 28.6 Å². The molecule has 0 atom stereocenters. The Hall–Kier alpha value is -3.17. The summed E-state index contributed by atoms with van der Waals surface area (Å²) < 4.78 is 4.95. The first kappa shape index (κ1) is 22.5. The van der Waals surface area contributed by atoms with Crippen LogP contribution in [0.25, 0.3) is 10.9 Å². The number of fused-ring (bicyclic) bond motifs is 1. The zero-order chi connectivity index (χ0) is 22.8. The lowest BCUT2D eigenvalue weighted by molar-refractivity contribution is 0.0937. The summed E-state index contributed by atoms with van der Waals surface area (Å²) in [5.41, 5.74) is 7.66. The monoisotopic (exact) mass is 443 g/mol. The van der Waals surface area contributed by atoms with E-state index in [1.165, 1.54) is 6.33 Å². The van der Waals surface area contributed by atoms with Crippen molar-refractivity contribution in [1.82, 2.24) is 20.3 Å².